The Balaban J connectivity index is 1.76. The van der Waals surface area contributed by atoms with Gasteiger partial charge in [0.25, 0.3) is 5.56 Å². The van der Waals surface area contributed by atoms with Crippen LogP contribution in [0.25, 0.3) is 11.0 Å². The second-order valence-corrected chi connectivity index (χ2v) is 7.48. The Kier molecular flexibility index (Phi) is 5.49. The number of nitrogens with zero attached hydrogens (tertiary/aromatic N) is 3. The summed E-state index contributed by atoms with van der Waals surface area (Å²) in [6.45, 7) is 3.73. The van der Waals surface area contributed by atoms with Crippen molar-refractivity contribution < 1.29 is 4.79 Å². The molecule has 0 unspecified atom stereocenters. The van der Waals surface area contributed by atoms with Gasteiger partial charge in [-0.2, -0.15) is 0 Å². The number of carbonyl (C=O) groups is 1. The molecule has 2 heterocycles. The standard InChI is InChI=1S/C24H22N4O3/c1-16-9-11-18(12-10-16)14-28-23(30)22-20(8-5-13-25-22)27(24(28)31)15-21(29)26-19-7-4-3-6-17(19)2/h3-13H,14-15H2,1-2H3,(H,26,29). The summed E-state index contributed by atoms with van der Waals surface area (Å²) in [5.74, 6) is -0.359. The lowest BCUT2D eigenvalue weighted by Gasteiger charge is -2.14. The van der Waals surface area contributed by atoms with Crippen LogP contribution in [0, 0.1) is 13.8 Å². The molecule has 0 fully saturated rings. The number of hydrogen-bond donors (Lipinski definition) is 1. The van der Waals surface area contributed by atoms with Crippen LogP contribution in [-0.4, -0.2) is 20.0 Å². The van der Waals surface area contributed by atoms with Gasteiger partial charge in [0.05, 0.1) is 12.1 Å². The van der Waals surface area contributed by atoms with E-state index in [4.69, 9.17) is 0 Å². The first kappa shape index (κ1) is 20.3. The fourth-order valence-electron chi connectivity index (χ4n) is 3.46. The minimum absolute atomic E-state index is 0.101. The molecular formula is C24H22N4O3. The first-order valence-corrected chi connectivity index (χ1v) is 9.93. The number of hydrogen-bond acceptors (Lipinski definition) is 4. The van der Waals surface area contributed by atoms with Gasteiger partial charge in [-0.15, -0.1) is 0 Å². The summed E-state index contributed by atoms with van der Waals surface area (Å²) in [7, 11) is 0. The van der Waals surface area contributed by atoms with Crippen molar-refractivity contribution >= 4 is 22.6 Å². The SMILES string of the molecule is Cc1ccc(Cn2c(=O)c3ncccc3n(CC(=O)Nc3ccccc3C)c2=O)cc1. The molecule has 0 aliphatic rings. The van der Waals surface area contributed by atoms with E-state index in [1.807, 2.05) is 56.3 Å². The largest absolute Gasteiger partial charge is 0.332 e. The highest BCUT2D eigenvalue weighted by molar-refractivity contribution is 5.92. The second-order valence-electron chi connectivity index (χ2n) is 7.48. The number of carbonyl (C=O) groups excluding carboxylic acids is 1. The third-order valence-electron chi connectivity index (χ3n) is 5.17. The van der Waals surface area contributed by atoms with Gasteiger partial charge in [0, 0.05) is 11.9 Å². The van der Waals surface area contributed by atoms with Crippen molar-refractivity contribution in [3.63, 3.8) is 0 Å². The number of nitrogens with one attached hydrogen (secondary N) is 1. The molecule has 0 bridgehead atoms. The van der Waals surface area contributed by atoms with Gasteiger partial charge in [0.15, 0.2) is 5.52 Å². The molecular weight excluding hydrogens is 392 g/mol. The smallest absolute Gasteiger partial charge is 0.324 e. The van der Waals surface area contributed by atoms with E-state index in [1.54, 1.807) is 18.2 Å². The van der Waals surface area contributed by atoms with E-state index in [0.29, 0.717) is 11.2 Å². The zero-order chi connectivity index (χ0) is 22.0. The number of amides is 1. The fourth-order valence-corrected chi connectivity index (χ4v) is 3.46. The molecule has 0 aliphatic heterocycles. The van der Waals surface area contributed by atoms with Gasteiger partial charge in [-0.3, -0.25) is 18.7 Å². The Bertz CT molecular complexity index is 1380. The third kappa shape index (κ3) is 4.16. The lowest BCUT2D eigenvalue weighted by atomic mass is 10.1. The lowest BCUT2D eigenvalue weighted by molar-refractivity contribution is -0.116. The van der Waals surface area contributed by atoms with Crippen molar-refractivity contribution in [3.05, 3.63) is 104 Å². The normalized spacial score (nSPS) is 10.9. The highest BCUT2D eigenvalue weighted by atomic mass is 16.2. The van der Waals surface area contributed by atoms with Gasteiger partial charge in [-0.1, -0.05) is 48.0 Å². The third-order valence-corrected chi connectivity index (χ3v) is 5.17. The predicted molar refractivity (Wildman–Crippen MR) is 120 cm³/mol. The summed E-state index contributed by atoms with van der Waals surface area (Å²) in [6.07, 6.45) is 1.50. The van der Waals surface area contributed by atoms with Crippen molar-refractivity contribution in [1.82, 2.24) is 14.1 Å². The first-order valence-electron chi connectivity index (χ1n) is 9.93. The van der Waals surface area contributed by atoms with Crippen LogP contribution in [0.3, 0.4) is 0 Å². The Hall–Kier alpha value is -4.00. The molecule has 7 nitrogen and oxygen atoms in total. The number of aromatic nitrogens is 3. The topological polar surface area (TPSA) is 86.0 Å². The molecule has 1 amide bonds. The summed E-state index contributed by atoms with van der Waals surface area (Å²) < 4.78 is 2.42. The Morgan fingerprint density at radius 3 is 2.42 bits per heavy atom. The summed E-state index contributed by atoms with van der Waals surface area (Å²) in [5, 5.41) is 2.83. The van der Waals surface area contributed by atoms with E-state index in [2.05, 4.69) is 10.3 Å². The van der Waals surface area contributed by atoms with Gasteiger partial charge < -0.3 is 5.32 Å². The van der Waals surface area contributed by atoms with Crippen LogP contribution in [0.15, 0.2) is 76.4 Å². The van der Waals surface area contributed by atoms with E-state index in [9.17, 15) is 14.4 Å². The lowest BCUT2D eigenvalue weighted by Crippen LogP contribution is -2.42. The van der Waals surface area contributed by atoms with Crippen LogP contribution in [0.1, 0.15) is 16.7 Å². The molecule has 156 valence electrons. The van der Waals surface area contributed by atoms with Crippen LogP contribution in [0.5, 0.6) is 0 Å². The first-order chi connectivity index (χ1) is 14.9. The van der Waals surface area contributed by atoms with Crippen molar-refractivity contribution in [2.24, 2.45) is 0 Å². The molecule has 0 saturated heterocycles. The molecule has 31 heavy (non-hydrogen) atoms. The van der Waals surface area contributed by atoms with E-state index in [-0.39, 0.29) is 24.5 Å². The molecule has 0 radical (unpaired) electrons. The van der Waals surface area contributed by atoms with Crippen LogP contribution >= 0.6 is 0 Å². The average molecular weight is 414 g/mol. The monoisotopic (exact) mass is 414 g/mol. The number of pyridine rings is 1. The van der Waals surface area contributed by atoms with Crippen molar-refractivity contribution in [2.45, 2.75) is 26.9 Å². The minimum atomic E-state index is -0.550. The quantitative estimate of drug-likeness (QED) is 0.544. The van der Waals surface area contributed by atoms with Crippen LogP contribution in [0.2, 0.25) is 0 Å². The average Bonchev–Trinajstić information content (AvgIpc) is 2.77. The molecule has 0 spiro atoms. The molecule has 7 heteroatoms. The summed E-state index contributed by atoms with van der Waals surface area (Å²) >= 11 is 0. The highest BCUT2D eigenvalue weighted by Crippen LogP contribution is 2.13. The summed E-state index contributed by atoms with van der Waals surface area (Å²) in [4.78, 5) is 43.2. The van der Waals surface area contributed by atoms with Gasteiger partial charge in [-0.25, -0.2) is 9.78 Å². The molecule has 1 N–H and O–H groups in total. The number of para-hydroxylation sites is 1. The van der Waals surface area contributed by atoms with Gasteiger partial charge in [0.1, 0.15) is 6.54 Å². The van der Waals surface area contributed by atoms with Crippen LogP contribution in [0.4, 0.5) is 5.69 Å². The number of benzene rings is 2. The maximum Gasteiger partial charge on any atom is 0.332 e. The Morgan fingerprint density at radius 1 is 0.935 bits per heavy atom. The van der Waals surface area contributed by atoms with E-state index >= 15 is 0 Å². The second kappa shape index (κ2) is 8.39. The molecule has 4 rings (SSSR count). The van der Waals surface area contributed by atoms with Crippen LogP contribution < -0.4 is 16.6 Å². The predicted octanol–water partition coefficient (Wildman–Crippen LogP) is 2.86. The van der Waals surface area contributed by atoms with Gasteiger partial charge >= 0.3 is 5.69 Å². The van der Waals surface area contributed by atoms with E-state index in [0.717, 1.165) is 21.3 Å². The van der Waals surface area contributed by atoms with Gasteiger partial charge in [-0.05, 0) is 43.2 Å². The minimum Gasteiger partial charge on any atom is -0.324 e. The van der Waals surface area contributed by atoms with Crippen molar-refractivity contribution in [1.29, 1.82) is 0 Å². The van der Waals surface area contributed by atoms with Crippen LogP contribution in [-0.2, 0) is 17.9 Å². The Labute approximate surface area is 178 Å². The zero-order valence-electron chi connectivity index (χ0n) is 17.3. The number of aryl methyl sites for hydroxylation is 2. The maximum atomic E-state index is 13.2. The fraction of sp³-hybridized carbons (Fsp3) is 0.167. The maximum absolute atomic E-state index is 13.2. The highest BCUT2D eigenvalue weighted by Gasteiger charge is 2.17. The molecule has 0 atom stereocenters. The zero-order valence-corrected chi connectivity index (χ0v) is 17.3. The number of rotatable bonds is 5. The molecule has 0 aliphatic carbocycles. The summed E-state index contributed by atoms with van der Waals surface area (Å²) in [6, 6.07) is 18.3. The van der Waals surface area contributed by atoms with E-state index in [1.165, 1.54) is 10.8 Å². The van der Waals surface area contributed by atoms with Gasteiger partial charge in [0.2, 0.25) is 5.91 Å². The summed E-state index contributed by atoms with van der Waals surface area (Å²) in [5.41, 5.74) is 2.95. The molecule has 2 aromatic carbocycles. The van der Waals surface area contributed by atoms with Crippen molar-refractivity contribution in [2.75, 3.05) is 5.32 Å². The number of fused-ring (bicyclic) bond motifs is 1. The Morgan fingerprint density at radius 2 is 1.68 bits per heavy atom. The number of anilines is 1. The van der Waals surface area contributed by atoms with E-state index < -0.39 is 11.2 Å². The molecule has 4 aromatic rings. The van der Waals surface area contributed by atoms with Crippen molar-refractivity contribution in [3.8, 4) is 0 Å². The molecule has 0 saturated carbocycles. The molecule has 2 aromatic heterocycles.